The van der Waals surface area contributed by atoms with Gasteiger partial charge in [-0.25, -0.2) is 0 Å². The molecule has 0 saturated carbocycles. The first-order valence-corrected chi connectivity index (χ1v) is 8.82. The molecule has 1 rings (SSSR count). The fourth-order valence-electron chi connectivity index (χ4n) is 2.23. The minimum atomic E-state index is -0.990. The number of hydrogen-bond donors (Lipinski definition) is 4. The molecular formula is C18H25N3O4S. The van der Waals surface area contributed by atoms with Gasteiger partial charge in [-0.3, -0.25) is 9.59 Å². The molecule has 2 atom stereocenters. The number of amides is 1. The normalized spacial score (nSPS) is 12.5. The molecule has 26 heavy (non-hydrogen) atoms. The predicted octanol–water partition coefficient (Wildman–Crippen LogP) is 2.00. The lowest BCUT2D eigenvalue weighted by Crippen LogP contribution is -2.50. The first-order chi connectivity index (χ1) is 12.3. The van der Waals surface area contributed by atoms with Gasteiger partial charge in [0.15, 0.2) is 5.11 Å². The van der Waals surface area contributed by atoms with Gasteiger partial charge in [0.05, 0.1) is 0 Å². The summed E-state index contributed by atoms with van der Waals surface area (Å²) in [7, 11) is 0. The molecule has 7 nitrogen and oxygen atoms in total. The SMILES string of the molecule is Cc1ccc(NC(=S)NC(CCC(=O)O)C(=O)NC(C)CCC=O)cc1. The van der Waals surface area contributed by atoms with Crippen molar-refractivity contribution < 1.29 is 19.5 Å². The largest absolute Gasteiger partial charge is 0.481 e. The molecule has 2 unspecified atom stereocenters. The Morgan fingerprint density at radius 3 is 2.42 bits per heavy atom. The summed E-state index contributed by atoms with van der Waals surface area (Å²) in [6.45, 7) is 3.76. The number of carboxylic acids is 1. The van der Waals surface area contributed by atoms with Crippen LogP contribution >= 0.6 is 12.2 Å². The van der Waals surface area contributed by atoms with Crippen molar-refractivity contribution in [3.05, 3.63) is 29.8 Å². The number of aldehydes is 1. The van der Waals surface area contributed by atoms with Crippen LogP contribution in [-0.4, -0.2) is 40.5 Å². The van der Waals surface area contributed by atoms with Gasteiger partial charge in [0.25, 0.3) is 0 Å². The van der Waals surface area contributed by atoms with Crippen LogP contribution in [0.2, 0.25) is 0 Å². The van der Waals surface area contributed by atoms with E-state index < -0.39 is 12.0 Å². The van der Waals surface area contributed by atoms with Gasteiger partial charge in [0.1, 0.15) is 12.3 Å². The zero-order valence-corrected chi connectivity index (χ0v) is 15.8. The highest BCUT2D eigenvalue weighted by atomic mass is 32.1. The molecule has 1 aromatic rings. The molecule has 8 heteroatoms. The van der Waals surface area contributed by atoms with E-state index in [0.29, 0.717) is 12.8 Å². The van der Waals surface area contributed by atoms with E-state index in [9.17, 15) is 14.4 Å². The van der Waals surface area contributed by atoms with E-state index in [1.54, 1.807) is 6.92 Å². The third-order valence-corrected chi connectivity index (χ3v) is 3.90. The lowest BCUT2D eigenvalue weighted by molar-refractivity contribution is -0.137. The van der Waals surface area contributed by atoms with Gasteiger partial charge in [-0.15, -0.1) is 0 Å². The van der Waals surface area contributed by atoms with Crippen molar-refractivity contribution >= 4 is 41.2 Å². The molecule has 1 amide bonds. The maximum absolute atomic E-state index is 12.4. The van der Waals surface area contributed by atoms with Crippen LogP contribution in [0.3, 0.4) is 0 Å². The summed E-state index contributed by atoms with van der Waals surface area (Å²) in [5.41, 5.74) is 1.88. The van der Waals surface area contributed by atoms with Crippen LogP contribution < -0.4 is 16.0 Å². The van der Waals surface area contributed by atoms with E-state index in [4.69, 9.17) is 17.3 Å². The third kappa shape index (κ3) is 8.57. The summed E-state index contributed by atoms with van der Waals surface area (Å²) in [6.07, 6.45) is 1.59. The van der Waals surface area contributed by atoms with E-state index >= 15 is 0 Å². The van der Waals surface area contributed by atoms with E-state index in [0.717, 1.165) is 17.5 Å². The first kappa shape index (κ1) is 21.6. The fraction of sp³-hybridized carbons (Fsp3) is 0.444. The van der Waals surface area contributed by atoms with Crippen LogP contribution in [0, 0.1) is 6.92 Å². The Kier molecular flexibility index (Phi) is 9.29. The molecule has 0 aliphatic carbocycles. The van der Waals surface area contributed by atoms with Crippen LogP contribution in [0.25, 0.3) is 0 Å². The second-order valence-corrected chi connectivity index (χ2v) is 6.51. The number of aryl methyl sites for hydroxylation is 1. The van der Waals surface area contributed by atoms with Crippen LogP contribution in [-0.2, 0) is 14.4 Å². The Balaban J connectivity index is 2.66. The number of hydrogen-bond acceptors (Lipinski definition) is 4. The van der Waals surface area contributed by atoms with E-state index in [1.165, 1.54) is 0 Å². The highest BCUT2D eigenvalue weighted by Crippen LogP contribution is 2.09. The van der Waals surface area contributed by atoms with Crippen molar-refractivity contribution in [2.24, 2.45) is 0 Å². The average Bonchev–Trinajstić information content (AvgIpc) is 2.58. The van der Waals surface area contributed by atoms with Crippen molar-refractivity contribution in [1.82, 2.24) is 10.6 Å². The first-order valence-electron chi connectivity index (χ1n) is 8.41. The van der Waals surface area contributed by atoms with Crippen molar-refractivity contribution in [3.63, 3.8) is 0 Å². The highest BCUT2D eigenvalue weighted by molar-refractivity contribution is 7.80. The summed E-state index contributed by atoms with van der Waals surface area (Å²) in [5, 5.41) is 17.7. The Morgan fingerprint density at radius 1 is 1.19 bits per heavy atom. The van der Waals surface area contributed by atoms with Gasteiger partial charge < -0.3 is 25.9 Å². The molecule has 1 aromatic carbocycles. The maximum Gasteiger partial charge on any atom is 0.303 e. The Morgan fingerprint density at radius 2 is 1.85 bits per heavy atom. The average molecular weight is 379 g/mol. The molecular weight excluding hydrogens is 354 g/mol. The number of carbonyl (C=O) groups is 3. The van der Waals surface area contributed by atoms with Crippen LogP contribution in [0.5, 0.6) is 0 Å². The second kappa shape index (κ2) is 11.2. The smallest absolute Gasteiger partial charge is 0.303 e. The molecule has 0 fully saturated rings. The number of carbonyl (C=O) groups excluding carboxylic acids is 2. The number of rotatable bonds is 10. The highest BCUT2D eigenvalue weighted by Gasteiger charge is 2.21. The monoisotopic (exact) mass is 379 g/mol. The van der Waals surface area contributed by atoms with Crippen molar-refractivity contribution in [2.75, 3.05) is 5.32 Å². The van der Waals surface area contributed by atoms with Gasteiger partial charge in [0.2, 0.25) is 5.91 Å². The van der Waals surface area contributed by atoms with Crippen LogP contribution in [0.15, 0.2) is 24.3 Å². The Hall–Kier alpha value is -2.48. The van der Waals surface area contributed by atoms with Crippen LogP contribution in [0.1, 0.15) is 38.2 Å². The van der Waals surface area contributed by atoms with E-state index in [-0.39, 0.29) is 29.9 Å². The number of anilines is 1. The Labute approximate surface area is 158 Å². The van der Waals surface area contributed by atoms with Gasteiger partial charge in [-0.1, -0.05) is 17.7 Å². The predicted molar refractivity (Wildman–Crippen MR) is 104 cm³/mol. The number of carboxylic acid groups (broad SMARTS) is 1. The molecule has 0 radical (unpaired) electrons. The molecule has 4 N–H and O–H groups in total. The molecule has 0 heterocycles. The summed E-state index contributed by atoms with van der Waals surface area (Å²) < 4.78 is 0. The zero-order chi connectivity index (χ0) is 19.5. The zero-order valence-electron chi connectivity index (χ0n) is 15.0. The molecule has 0 bridgehead atoms. The molecule has 142 valence electrons. The molecule has 0 aromatic heterocycles. The summed E-state index contributed by atoms with van der Waals surface area (Å²) in [4.78, 5) is 33.7. The molecule has 0 saturated heterocycles. The summed E-state index contributed by atoms with van der Waals surface area (Å²) in [6, 6.07) is 6.59. The second-order valence-electron chi connectivity index (χ2n) is 6.10. The number of thiocarbonyl (C=S) groups is 1. The van der Waals surface area contributed by atoms with E-state index in [1.807, 2.05) is 31.2 Å². The third-order valence-electron chi connectivity index (χ3n) is 3.68. The number of aliphatic carboxylic acids is 1. The summed E-state index contributed by atoms with van der Waals surface area (Å²) in [5.74, 6) is -1.34. The molecule has 0 aliphatic heterocycles. The molecule has 0 aliphatic rings. The number of benzene rings is 1. The minimum Gasteiger partial charge on any atom is -0.481 e. The van der Waals surface area contributed by atoms with Gasteiger partial charge >= 0.3 is 5.97 Å². The lowest BCUT2D eigenvalue weighted by Gasteiger charge is -2.22. The van der Waals surface area contributed by atoms with Crippen molar-refractivity contribution in [2.45, 2.75) is 51.6 Å². The lowest BCUT2D eigenvalue weighted by atomic mass is 10.1. The van der Waals surface area contributed by atoms with Crippen molar-refractivity contribution in [1.29, 1.82) is 0 Å². The van der Waals surface area contributed by atoms with Gasteiger partial charge in [0, 0.05) is 24.6 Å². The minimum absolute atomic E-state index is 0.0945. The van der Waals surface area contributed by atoms with Gasteiger partial charge in [-0.2, -0.15) is 0 Å². The number of nitrogens with one attached hydrogen (secondary N) is 3. The Bertz CT molecular complexity index is 634. The molecule has 0 spiro atoms. The fourth-order valence-corrected chi connectivity index (χ4v) is 2.49. The summed E-state index contributed by atoms with van der Waals surface area (Å²) >= 11 is 5.23. The van der Waals surface area contributed by atoms with E-state index in [2.05, 4.69) is 16.0 Å². The standard InChI is InChI=1S/C18H25N3O4S/c1-12-5-7-14(8-6-12)20-18(26)21-15(9-10-16(23)24)17(25)19-13(2)4-3-11-22/h5-8,11,13,15H,3-4,9-10H2,1-2H3,(H,19,25)(H,23,24)(H2,20,21,26). The van der Waals surface area contributed by atoms with Gasteiger partial charge in [-0.05, 0) is 51.0 Å². The van der Waals surface area contributed by atoms with Crippen molar-refractivity contribution in [3.8, 4) is 0 Å². The topological polar surface area (TPSA) is 108 Å². The quantitative estimate of drug-likeness (QED) is 0.364. The van der Waals surface area contributed by atoms with Crippen LogP contribution in [0.4, 0.5) is 5.69 Å². The maximum atomic E-state index is 12.4.